The number of halogens is 9. The predicted octanol–water partition coefficient (Wildman–Crippen LogP) is 10.2. The van der Waals surface area contributed by atoms with E-state index in [-0.39, 0.29) is 14.0 Å². The highest BCUT2D eigenvalue weighted by Crippen LogP contribution is 2.73. The first-order valence-corrected chi connectivity index (χ1v) is 16.4. The molecule has 0 aliphatic heterocycles. The second-order valence-electron chi connectivity index (χ2n) is 8.86. The molecule has 0 saturated heterocycles. The summed E-state index contributed by atoms with van der Waals surface area (Å²) in [6.07, 6.45) is -7.21. The molecule has 0 saturated carbocycles. The van der Waals surface area contributed by atoms with Crippen molar-refractivity contribution in [1.29, 1.82) is 0 Å². The van der Waals surface area contributed by atoms with Crippen molar-refractivity contribution in [3.8, 4) is 0 Å². The van der Waals surface area contributed by atoms with Crippen molar-refractivity contribution in [3.05, 3.63) is 103 Å². The minimum Gasteiger partial charge on any atom is -0.201 e. The monoisotopic (exact) mass is 690 g/mol. The Morgan fingerprint density at radius 2 is 1.14 bits per heavy atom. The quantitative estimate of drug-likeness (QED) is 0.155. The van der Waals surface area contributed by atoms with Gasteiger partial charge in [-0.25, -0.2) is 3.63 Å². The summed E-state index contributed by atoms with van der Waals surface area (Å²) >= 11 is 2.04. The van der Waals surface area contributed by atoms with E-state index >= 15 is 0 Å². The van der Waals surface area contributed by atoms with Crippen molar-refractivity contribution in [1.82, 2.24) is 0 Å². The Balaban J connectivity index is 1.93. The molecule has 1 aromatic heterocycles. The van der Waals surface area contributed by atoms with Crippen LogP contribution in [0.25, 0.3) is 0 Å². The van der Waals surface area contributed by atoms with E-state index in [9.17, 15) is 47.9 Å². The summed E-state index contributed by atoms with van der Waals surface area (Å²) in [5, 5.41) is -7.03. The zero-order chi connectivity index (χ0) is 31.9. The number of rotatable bonds is 10. The Morgan fingerprint density at radius 3 is 1.60 bits per heavy atom. The molecule has 0 N–H and O–H groups in total. The smallest absolute Gasteiger partial charge is 0.201 e. The van der Waals surface area contributed by atoms with Crippen LogP contribution < -0.4 is 0 Å². The molecule has 0 atom stereocenters. The number of aryl methyl sites for hydroxylation is 1. The molecule has 1 heterocycles. The first kappa shape index (κ1) is 33.2. The third-order valence-electron chi connectivity index (χ3n) is 5.85. The fourth-order valence-electron chi connectivity index (χ4n) is 3.63. The number of hydrogen-bond donors (Lipinski definition) is 0. The third-order valence-corrected chi connectivity index (χ3v) is 13.8. The van der Waals surface area contributed by atoms with Crippen LogP contribution in [-0.2, 0) is 13.7 Å². The standard InChI is InChI=1S/C27H19F9O3S4/c1-18-12-14-19(15-13-18)40-22-16-17-23(41-22)42(20-8-4-2-5-9-20,21-10-6-3-7-11-21)39-43(37,38)27(35,36)25(30,31)24(28,29)26(32,33)34/h2-17H,1H3. The lowest BCUT2D eigenvalue weighted by atomic mass is 10.1. The molecule has 0 aliphatic rings. The minimum atomic E-state index is -7.45. The topological polar surface area (TPSA) is 43.4 Å². The summed E-state index contributed by atoms with van der Waals surface area (Å²) in [5.41, 5.74) is 0.959. The summed E-state index contributed by atoms with van der Waals surface area (Å²) in [5.74, 6) is -14.9. The van der Waals surface area contributed by atoms with Gasteiger partial charge >= 0.3 is 33.4 Å². The van der Waals surface area contributed by atoms with Crippen LogP contribution in [0, 0.1) is 6.92 Å². The zero-order valence-electron chi connectivity index (χ0n) is 21.5. The minimum absolute atomic E-state index is 0.0928. The van der Waals surface area contributed by atoms with E-state index in [1.54, 1.807) is 12.1 Å². The lowest BCUT2D eigenvalue weighted by Gasteiger charge is -2.40. The van der Waals surface area contributed by atoms with Crippen LogP contribution in [0.5, 0.6) is 0 Å². The molecule has 0 radical (unpaired) electrons. The van der Waals surface area contributed by atoms with E-state index in [2.05, 4.69) is 0 Å². The van der Waals surface area contributed by atoms with E-state index in [1.807, 2.05) is 19.1 Å². The molecular formula is C27H19F9O3S4. The van der Waals surface area contributed by atoms with Gasteiger partial charge in [0.05, 0.1) is 8.42 Å². The maximum Gasteiger partial charge on any atom is 0.460 e. The van der Waals surface area contributed by atoms with Crippen molar-refractivity contribution in [2.24, 2.45) is 0 Å². The molecule has 0 spiro atoms. The van der Waals surface area contributed by atoms with Gasteiger partial charge < -0.3 is 0 Å². The number of benzene rings is 3. The van der Waals surface area contributed by atoms with Crippen LogP contribution in [0.15, 0.2) is 120 Å². The molecular weight excluding hydrogens is 672 g/mol. The molecule has 0 aliphatic carbocycles. The van der Waals surface area contributed by atoms with Gasteiger partial charge in [0, 0.05) is 14.7 Å². The van der Waals surface area contributed by atoms with Gasteiger partial charge in [0.25, 0.3) is 0 Å². The first-order valence-electron chi connectivity index (χ1n) is 11.8. The molecule has 232 valence electrons. The maximum atomic E-state index is 15.0. The first-order chi connectivity index (χ1) is 19.9. The van der Waals surface area contributed by atoms with Crippen molar-refractivity contribution >= 4 is 43.5 Å². The fourth-order valence-corrected chi connectivity index (χ4v) is 12.0. The van der Waals surface area contributed by atoms with Gasteiger partial charge in [0.1, 0.15) is 0 Å². The van der Waals surface area contributed by atoms with Crippen molar-refractivity contribution in [2.45, 2.75) is 53.3 Å². The Bertz CT molecular complexity index is 1620. The summed E-state index contributed by atoms with van der Waals surface area (Å²) in [6.45, 7) is 1.86. The predicted molar refractivity (Wildman–Crippen MR) is 146 cm³/mol. The highest BCUT2D eigenvalue weighted by Gasteiger charge is 2.86. The van der Waals surface area contributed by atoms with Gasteiger partial charge in [-0.05, 0) is 65.8 Å². The maximum absolute atomic E-state index is 15.0. The second-order valence-corrected chi connectivity index (χ2v) is 16.0. The fraction of sp³-hybridized carbons (Fsp3) is 0.185. The van der Waals surface area contributed by atoms with E-state index < -0.39 is 43.7 Å². The van der Waals surface area contributed by atoms with Crippen molar-refractivity contribution in [3.63, 3.8) is 0 Å². The normalized spacial score (nSPS) is 14.1. The molecule has 0 fully saturated rings. The molecule has 4 rings (SSSR count). The summed E-state index contributed by atoms with van der Waals surface area (Å²) in [4.78, 5) is 0.452. The summed E-state index contributed by atoms with van der Waals surface area (Å²) in [6, 6.07) is 23.3. The molecule has 0 bridgehead atoms. The van der Waals surface area contributed by atoms with E-state index in [4.69, 9.17) is 3.63 Å². The second kappa shape index (κ2) is 11.7. The van der Waals surface area contributed by atoms with Crippen LogP contribution in [0.3, 0.4) is 0 Å². The number of hydrogen-bond acceptors (Lipinski definition) is 5. The van der Waals surface area contributed by atoms with Gasteiger partial charge in [0.15, 0.2) is 0 Å². The highest BCUT2D eigenvalue weighted by atomic mass is 32.3. The van der Waals surface area contributed by atoms with Gasteiger partial charge in [-0.3, -0.25) is 0 Å². The Labute approximate surface area is 250 Å². The molecule has 3 nitrogen and oxygen atoms in total. The van der Waals surface area contributed by atoms with Crippen LogP contribution in [-0.4, -0.2) is 31.7 Å². The number of alkyl halides is 9. The largest absolute Gasteiger partial charge is 0.460 e. The van der Waals surface area contributed by atoms with E-state index in [1.165, 1.54) is 84.6 Å². The molecule has 3 aromatic carbocycles. The lowest BCUT2D eigenvalue weighted by molar-refractivity contribution is -0.382. The van der Waals surface area contributed by atoms with Crippen molar-refractivity contribution in [2.75, 3.05) is 0 Å². The SMILES string of the molecule is Cc1ccc(Sc2ccc(S(OS(=O)(=O)C(F)(F)C(F)(F)C(F)(F)C(F)(F)F)(c3ccccc3)c3ccccc3)s2)cc1. The molecule has 4 aromatic rings. The van der Waals surface area contributed by atoms with Gasteiger partial charge in [-0.1, -0.05) is 65.9 Å². The molecule has 43 heavy (non-hydrogen) atoms. The van der Waals surface area contributed by atoms with Gasteiger partial charge in [-0.15, -0.1) is 11.3 Å². The van der Waals surface area contributed by atoms with Crippen LogP contribution in [0.2, 0.25) is 0 Å². The average molecular weight is 691 g/mol. The van der Waals surface area contributed by atoms with Gasteiger partial charge in [0.2, 0.25) is 0 Å². The molecule has 0 amide bonds. The Morgan fingerprint density at radius 1 is 0.651 bits per heavy atom. The van der Waals surface area contributed by atoms with E-state index in [0.717, 1.165) is 21.8 Å². The summed E-state index contributed by atoms with van der Waals surface area (Å²) < 4.78 is 156. The van der Waals surface area contributed by atoms with E-state index in [0.29, 0.717) is 4.21 Å². The Kier molecular flexibility index (Phi) is 9.03. The lowest BCUT2D eigenvalue weighted by Crippen LogP contribution is -2.63. The zero-order valence-corrected chi connectivity index (χ0v) is 24.8. The van der Waals surface area contributed by atoms with Gasteiger partial charge in [-0.2, -0.15) is 47.9 Å². The third kappa shape index (κ3) is 5.91. The van der Waals surface area contributed by atoms with Crippen LogP contribution >= 0.6 is 33.4 Å². The average Bonchev–Trinajstić information content (AvgIpc) is 3.42. The van der Waals surface area contributed by atoms with Crippen molar-refractivity contribution < 1.29 is 51.6 Å². The molecule has 16 heteroatoms. The Hall–Kier alpha value is -2.66. The van der Waals surface area contributed by atoms with Crippen LogP contribution in [0.4, 0.5) is 39.5 Å². The summed E-state index contributed by atoms with van der Waals surface area (Å²) in [7, 11) is -11.3. The molecule has 0 unspecified atom stereocenters. The van der Waals surface area contributed by atoms with Crippen LogP contribution in [0.1, 0.15) is 5.56 Å². The highest BCUT2D eigenvalue weighted by molar-refractivity contribution is 8.34. The number of thiophene rings is 1.